The molecule has 0 aliphatic rings. The average Bonchev–Trinajstić information content (AvgIpc) is 3.30. The molecule has 0 aromatic heterocycles. The third kappa shape index (κ3) is 51.7. The second-order valence-electron chi connectivity index (χ2n) is 18.1. The van der Waals surface area contributed by atoms with Gasteiger partial charge in [0, 0.05) is 19.3 Å². The SMILES string of the molecule is CC/C=C\C/C=C\C/C=C\CCCCCCCC(=O)OCC(COC(=O)CCCCCCC/C=C\C/C=C\C/C=C\CC)OC(=O)CCCCCCCCCCCCCCCCCCC. The number of rotatable bonds is 49. The molecule has 0 heterocycles. The lowest BCUT2D eigenvalue weighted by atomic mass is 10.0. The minimum Gasteiger partial charge on any atom is -0.462 e. The van der Waals surface area contributed by atoms with E-state index in [1.54, 1.807) is 0 Å². The predicted octanol–water partition coefficient (Wildman–Crippen LogP) is 18.2. The smallest absolute Gasteiger partial charge is 0.306 e. The molecule has 0 unspecified atom stereocenters. The Morgan fingerprint density at radius 3 is 0.938 bits per heavy atom. The lowest BCUT2D eigenvalue weighted by Gasteiger charge is -2.18. The van der Waals surface area contributed by atoms with Crippen molar-refractivity contribution >= 4 is 17.9 Å². The standard InChI is InChI=1S/C59H102O6/c1-4-7-10-13-16-19-22-25-28-29-32-35-38-41-44-47-50-53-59(62)65-56(54-63-57(60)51-48-45-42-39-36-33-30-26-23-20-17-14-11-8-5-2)55-64-58(61)52-49-46-43-40-37-34-31-27-24-21-18-15-12-9-6-3/h8-9,11-12,17-18,20-21,26-27,30-31,56H,4-7,10,13-16,19,22-25,28-29,32-55H2,1-3H3/b11-8-,12-9-,20-17-,21-18-,30-26-,31-27-. The van der Waals surface area contributed by atoms with E-state index in [0.717, 1.165) is 135 Å². The summed E-state index contributed by atoms with van der Waals surface area (Å²) in [6, 6.07) is 0. The van der Waals surface area contributed by atoms with Gasteiger partial charge in [-0.2, -0.15) is 0 Å². The fraction of sp³-hybridized carbons (Fsp3) is 0.746. The summed E-state index contributed by atoms with van der Waals surface area (Å²) in [5.41, 5.74) is 0. The molecule has 0 rings (SSSR count). The van der Waals surface area contributed by atoms with E-state index < -0.39 is 6.10 Å². The maximum Gasteiger partial charge on any atom is 0.306 e. The van der Waals surface area contributed by atoms with Gasteiger partial charge in [0.2, 0.25) is 0 Å². The van der Waals surface area contributed by atoms with Gasteiger partial charge in [0.05, 0.1) is 0 Å². The first-order valence-corrected chi connectivity index (χ1v) is 27.4. The van der Waals surface area contributed by atoms with Gasteiger partial charge < -0.3 is 14.2 Å². The van der Waals surface area contributed by atoms with Crippen molar-refractivity contribution in [3.63, 3.8) is 0 Å². The molecule has 0 saturated heterocycles. The number of esters is 3. The number of ether oxygens (including phenoxy) is 3. The largest absolute Gasteiger partial charge is 0.462 e. The average molecular weight is 907 g/mol. The fourth-order valence-electron chi connectivity index (χ4n) is 7.65. The number of hydrogen-bond acceptors (Lipinski definition) is 6. The van der Waals surface area contributed by atoms with Crippen LogP contribution in [0.25, 0.3) is 0 Å². The molecule has 0 aliphatic heterocycles. The van der Waals surface area contributed by atoms with E-state index in [-0.39, 0.29) is 31.1 Å². The molecule has 6 nitrogen and oxygen atoms in total. The molecule has 65 heavy (non-hydrogen) atoms. The summed E-state index contributed by atoms with van der Waals surface area (Å²) in [7, 11) is 0. The summed E-state index contributed by atoms with van der Waals surface area (Å²) >= 11 is 0. The Kier molecular flexibility index (Phi) is 50.9. The summed E-state index contributed by atoms with van der Waals surface area (Å²) in [6.07, 6.45) is 67.4. The number of carbonyl (C=O) groups is 3. The van der Waals surface area contributed by atoms with Gasteiger partial charge in [-0.1, -0.05) is 235 Å². The summed E-state index contributed by atoms with van der Waals surface area (Å²) < 4.78 is 16.8. The second-order valence-corrected chi connectivity index (χ2v) is 18.1. The summed E-state index contributed by atoms with van der Waals surface area (Å²) in [5, 5.41) is 0. The van der Waals surface area contributed by atoms with E-state index in [2.05, 4.69) is 93.7 Å². The first-order valence-electron chi connectivity index (χ1n) is 27.4. The molecular weight excluding hydrogens is 805 g/mol. The van der Waals surface area contributed by atoms with E-state index in [0.29, 0.717) is 19.3 Å². The van der Waals surface area contributed by atoms with E-state index in [9.17, 15) is 14.4 Å². The summed E-state index contributed by atoms with van der Waals surface area (Å²) in [6.45, 7) is 6.41. The van der Waals surface area contributed by atoms with Gasteiger partial charge in [0.1, 0.15) is 13.2 Å². The predicted molar refractivity (Wildman–Crippen MR) is 279 cm³/mol. The lowest BCUT2D eigenvalue weighted by Crippen LogP contribution is -2.30. The first-order chi connectivity index (χ1) is 32.0. The molecule has 0 spiro atoms. The minimum atomic E-state index is -0.788. The molecule has 0 fully saturated rings. The highest BCUT2D eigenvalue weighted by Gasteiger charge is 2.19. The zero-order valence-corrected chi connectivity index (χ0v) is 42.7. The van der Waals surface area contributed by atoms with Crippen molar-refractivity contribution in [2.75, 3.05) is 13.2 Å². The van der Waals surface area contributed by atoms with Crippen LogP contribution in [0.2, 0.25) is 0 Å². The van der Waals surface area contributed by atoms with Gasteiger partial charge in [0.15, 0.2) is 6.10 Å². The Balaban J connectivity index is 4.41. The first kappa shape index (κ1) is 61.9. The molecule has 0 aromatic carbocycles. The van der Waals surface area contributed by atoms with Crippen LogP contribution >= 0.6 is 0 Å². The van der Waals surface area contributed by atoms with Crippen molar-refractivity contribution < 1.29 is 28.6 Å². The zero-order chi connectivity index (χ0) is 47.2. The van der Waals surface area contributed by atoms with Gasteiger partial charge in [-0.05, 0) is 83.5 Å². The molecular formula is C59H102O6. The minimum absolute atomic E-state index is 0.0884. The van der Waals surface area contributed by atoms with Gasteiger partial charge in [-0.3, -0.25) is 14.4 Å². The van der Waals surface area contributed by atoms with Crippen molar-refractivity contribution in [1.82, 2.24) is 0 Å². The third-order valence-electron chi connectivity index (χ3n) is 11.7. The van der Waals surface area contributed by atoms with Crippen LogP contribution in [-0.4, -0.2) is 37.2 Å². The Labute approximate surface area is 402 Å². The van der Waals surface area contributed by atoms with Gasteiger partial charge in [-0.15, -0.1) is 0 Å². The Hall–Kier alpha value is -3.15. The Morgan fingerprint density at radius 1 is 0.323 bits per heavy atom. The summed E-state index contributed by atoms with van der Waals surface area (Å²) in [5.74, 6) is -0.913. The summed E-state index contributed by atoms with van der Waals surface area (Å²) in [4.78, 5) is 38.1. The van der Waals surface area contributed by atoms with E-state index in [1.165, 1.54) is 89.9 Å². The number of carbonyl (C=O) groups excluding carboxylic acids is 3. The quantitative estimate of drug-likeness (QED) is 0.0262. The molecule has 0 aliphatic carbocycles. The van der Waals surface area contributed by atoms with Crippen LogP contribution in [0.15, 0.2) is 72.9 Å². The molecule has 0 bridgehead atoms. The molecule has 0 saturated carbocycles. The zero-order valence-electron chi connectivity index (χ0n) is 42.7. The maximum atomic E-state index is 12.8. The molecule has 0 radical (unpaired) electrons. The highest BCUT2D eigenvalue weighted by atomic mass is 16.6. The molecule has 0 amide bonds. The van der Waals surface area contributed by atoms with Crippen LogP contribution in [-0.2, 0) is 28.6 Å². The monoisotopic (exact) mass is 907 g/mol. The van der Waals surface area contributed by atoms with Crippen LogP contribution < -0.4 is 0 Å². The highest BCUT2D eigenvalue weighted by molar-refractivity contribution is 5.71. The van der Waals surface area contributed by atoms with E-state index in [1.807, 2.05) is 0 Å². The Morgan fingerprint density at radius 2 is 0.600 bits per heavy atom. The van der Waals surface area contributed by atoms with Crippen LogP contribution in [0.4, 0.5) is 0 Å². The van der Waals surface area contributed by atoms with Crippen LogP contribution in [0, 0.1) is 0 Å². The molecule has 374 valence electrons. The van der Waals surface area contributed by atoms with Crippen LogP contribution in [0.5, 0.6) is 0 Å². The molecule has 6 heteroatoms. The Bertz CT molecular complexity index is 1160. The fourth-order valence-corrected chi connectivity index (χ4v) is 7.65. The highest BCUT2D eigenvalue weighted by Crippen LogP contribution is 2.16. The van der Waals surface area contributed by atoms with Gasteiger partial charge in [0.25, 0.3) is 0 Å². The van der Waals surface area contributed by atoms with Crippen molar-refractivity contribution in [2.45, 2.75) is 271 Å². The van der Waals surface area contributed by atoms with Gasteiger partial charge >= 0.3 is 17.9 Å². The topological polar surface area (TPSA) is 78.9 Å². The number of unbranched alkanes of at least 4 members (excludes halogenated alkanes) is 26. The molecule has 0 N–H and O–H groups in total. The van der Waals surface area contributed by atoms with E-state index in [4.69, 9.17) is 14.2 Å². The van der Waals surface area contributed by atoms with E-state index >= 15 is 0 Å². The van der Waals surface area contributed by atoms with Crippen molar-refractivity contribution in [3.05, 3.63) is 72.9 Å². The normalized spacial score (nSPS) is 12.2. The molecule has 0 atom stereocenters. The van der Waals surface area contributed by atoms with Crippen molar-refractivity contribution in [3.8, 4) is 0 Å². The van der Waals surface area contributed by atoms with Crippen LogP contribution in [0.3, 0.4) is 0 Å². The van der Waals surface area contributed by atoms with Crippen molar-refractivity contribution in [2.24, 2.45) is 0 Å². The third-order valence-corrected chi connectivity index (χ3v) is 11.7. The van der Waals surface area contributed by atoms with Gasteiger partial charge in [-0.25, -0.2) is 0 Å². The number of allylic oxidation sites excluding steroid dienone is 12. The second kappa shape index (κ2) is 53.5. The number of hydrogen-bond donors (Lipinski definition) is 0. The van der Waals surface area contributed by atoms with Crippen LogP contribution in [0.1, 0.15) is 265 Å². The molecule has 0 aromatic rings. The van der Waals surface area contributed by atoms with Crippen molar-refractivity contribution in [1.29, 1.82) is 0 Å². The maximum absolute atomic E-state index is 12.8. The lowest BCUT2D eigenvalue weighted by molar-refractivity contribution is -0.167.